The molecule has 0 saturated heterocycles. The van der Waals surface area contributed by atoms with Gasteiger partial charge in [0.1, 0.15) is 11.6 Å². The number of para-hydroxylation sites is 1. The number of fused-ring (bicyclic) bond motifs is 1. The number of carbonyl (C=O) groups is 1. The lowest BCUT2D eigenvalue weighted by molar-refractivity contribution is -0.118. The maximum Gasteiger partial charge on any atom is 0.227 e. The molecule has 0 spiro atoms. The zero-order valence-electron chi connectivity index (χ0n) is 14.9. The summed E-state index contributed by atoms with van der Waals surface area (Å²) in [7, 11) is 1.82. The Morgan fingerprint density at radius 1 is 1.16 bits per heavy atom. The first-order valence-electron chi connectivity index (χ1n) is 9.19. The second-order valence-corrected chi connectivity index (χ2v) is 6.53. The van der Waals surface area contributed by atoms with Gasteiger partial charge in [0, 0.05) is 51.6 Å². The highest BCUT2D eigenvalue weighted by Gasteiger charge is 2.14. The minimum atomic E-state index is 0.120. The van der Waals surface area contributed by atoms with E-state index in [1.165, 1.54) is 19.3 Å². The SMILES string of the molecule is CN(C(=O)CCNCCc1nnc2n1CCCCC2)c1ccccc1. The minimum absolute atomic E-state index is 0.120. The average Bonchev–Trinajstić information content (AvgIpc) is 2.88. The lowest BCUT2D eigenvalue weighted by atomic mass is 10.2. The van der Waals surface area contributed by atoms with Gasteiger partial charge in [-0.1, -0.05) is 24.6 Å². The molecule has 3 rings (SSSR count). The van der Waals surface area contributed by atoms with Crippen molar-refractivity contribution in [3.63, 3.8) is 0 Å². The van der Waals surface area contributed by atoms with E-state index in [-0.39, 0.29) is 5.91 Å². The Labute approximate surface area is 149 Å². The van der Waals surface area contributed by atoms with Crippen molar-refractivity contribution >= 4 is 11.6 Å². The summed E-state index contributed by atoms with van der Waals surface area (Å²) in [4.78, 5) is 13.9. The number of anilines is 1. The fourth-order valence-electron chi connectivity index (χ4n) is 3.21. The first-order valence-corrected chi connectivity index (χ1v) is 9.19. The van der Waals surface area contributed by atoms with Crippen molar-refractivity contribution in [2.45, 2.75) is 45.1 Å². The molecule has 1 aliphatic heterocycles. The summed E-state index contributed by atoms with van der Waals surface area (Å²) in [6.07, 6.45) is 6.09. The number of nitrogens with zero attached hydrogens (tertiary/aromatic N) is 4. The van der Waals surface area contributed by atoms with Gasteiger partial charge in [0.15, 0.2) is 0 Å². The molecule has 2 heterocycles. The summed E-state index contributed by atoms with van der Waals surface area (Å²) >= 11 is 0. The molecular formula is C19H27N5O. The van der Waals surface area contributed by atoms with Crippen LogP contribution in [0, 0.1) is 0 Å². The van der Waals surface area contributed by atoms with Gasteiger partial charge in [0.05, 0.1) is 0 Å². The summed E-state index contributed by atoms with van der Waals surface area (Å²) in [6, 6.07) is 9.73. The van der Waals surface area contributed by atoms with Crippen LogP contribution in [-0.4, -0.2) is 40.8 Å². The van der Waals surface area contributed by atoms with Crippen LogP contribution in [0.1, 0.15) is 37.3 Å². The van der Waals surface area contributed by atoms with Gasteiger partial charge in [0.25, 0.3) is 0 Å². The number of rotatable bonds is 7. The monoisotopic (exact) mass is 341 g/mol. The van der Waals surface area contributed by atoms with Gasteiger partial charge < -0.3 is 14.8 Å². The maximum absolute atomic E-state index is 12.2. The minimum Gasteiger partial charge on any atom is -0.316 e. The zero-order valence-corrected chi connectivity index (χ0v) is 14.9. The van der Waals surface area contributed by atoms with Crippen LogP contribution in [0.5, 0.6) is 0 Å². The number of aryl methyl sites for hydroxylation is 1. The van der Waals surface area contributed by atoms with Gasteiger partial charge >= 0.3 is 0 Å². The van der Waals surface area contributed by atoms with Crippen LogP contribution in [0.25, 0.3) is 0 Å². The molecule has 1 aromatic heterocycles. The topological polar surface area (TPSA) is 63.1 Å². The summed E-state index contributed by atoms with van der Waals surface area (Å²) in [5.74, 6) is 2.32. The largest absolute Gasteiger partial charge is 0.316 e. The van der Waals surface area contributed by atoms with Crippen LogP contribution in [-0.2, 0) is 24.2 Å². The molecule has 134 valence electrons. The van der Waals surface area contributed by atoms with Crippen LogP contribution >= 0.6 is 0 Å². The molecule has 1 aliphatic rings. The Balaban J connectivity index is 1.39. The third-order valence-corrected chi connectivity index (χ3v) is 4.74. The summed E-state index contributed by atoms with van der Waals surface area (Å²) in [5, 5.41) is 12.0. The van der Waals surface area contributed by atoms with Gasteiger partial charge in [-0.05, 0) is 25.0 Å². The molecule has 0 aliphatic carbocycles. The summed E-state index contributed by atoms with van der Waals surface area (Å²) in [5.41, 5.74) is 0.929. The van der Waals surface area contributed by atoms with Gasteiger partial charge in [-0.2, -0.15) is 0 Å². The number of hydrogen-bond donors (Lipinski definition) is 1. The molecule has 1 aromatic carbocycles. The Morgan fingerprint density at radius 2 is 2.00 bits per heavy atom. The van der Waals surface area contributed by atoms with Crippen LogP contribution < -0.4 is 10.2 Å². The molecule has 0 unspecified atom stereocenters. The van der Waals surface area contributed by atoms with Crippen LogP contribution in [0.3, 0.4) is 0 Å². The standard InChI is InChI=1S/C19H27N5O/c1-23(16-8-4-2-5-9-16)19(25)12-14-20-13-11-18-22-21-17-10-6-3-7-15-24(17)18/h2,4-5,8-9,20H,3,6-7,10-15H2,1H3. The number of amides is 1. The predicted molar refractivity (Wildman–Crippen MR) is 98.6 cm³/mol. The van der Waals surface area contributed by atoms with E-state index in [1.807, 2.05) is 37.4 Å². The lowest BCUT2D eigenvalue weighted by Crippen LogP contribution is -2.30. The number of benzene rings is 1. The zero-order chi connectivity index (χ0) is 17.5. The smallest absolute Gasteiger partial charge is 0.227 e. The van der Waals surface area contributed by atoms with Gasteiger partial charge in [-0.3, -0.25) is 4.79 Å². The van der Waals surface area contributed by atoms with Crippen LogP contribution in [0.4, 0.5) is 5.69 Å². The third kappa shape index (κ3) is 4.66. The predicted octanol–water partition coefficient (Wildman–Crippen LogP) is 2.19. The normalized spacial score (nSPS) is 14.0. The van der Waals surface area contributed by atoms with E-state index in [0.717, 1.165) is 43.3 Å². The third-order valence-electron chi connectivity index (χ3n) is 4.74. The highest BCUT2D eigenvalue weighted by Crippen LogP contribution is 2.14. The Kier molecular flexibility index (Phi) is 6.17. The van der Waals surface area contributed by atoms with Crippen molar-refractivity contribution in [2.75, 3.05) is 25.0 Å². The molecule has 1 N–H and O–H groups in total. The van der Waals surface area contributed by atoms with Crippen LogP contribution in [0.15, 0.2) is 30.3 Å². The van der Waals surface area contributed by atoms with Crippen LogP contribution in [0.2, 0.25) is 0 Å². The number of hydrogen-bond acceptors (Lipinski definition) is 4. The van der Waals surface area contributed by atoms with Crippen molar-refractivity contribution < 1.29 is 4.79 Å². The van der Waals surface area contributed by atoms with E-state index in [1.54, 1.807) is 4.90 Å². The van der Waals surface area contributed by atoms with Crippen molar-refractivity contribution in [1.29, 1.82) is 0 Å². The van der Waals surface area contributed by atoms with E-state index in [0.29, 0.717) is 13.0 Å². The highest BCUT2D eigenvalue weighted by molar-refractivity contribution is 5.92. The van der Waals surface area contributed by atoms with Gasteiger partial charge in [-0.15, -0.1) is 10.2 Å². The van der Waals surface area contributed by atoms with E-state index in [4.69, 9.17) is 0 Å². The number of aromatic nitrogens is 3. The molecule has 6 nitrogen and oxygen atoms in total. The highest BCUT2D eigenvalue weighted by atomic mass is 16.2. The molecule has 25 heavy (non-hydrogen) atoms. The fourth-order valence-corrected chi connectivity index (χ4v) is 3.21. The number of nitrogens with one attached hydrogen (secondary N) is 1. The molecule has 2 aromatic rings. The molecule has 6 heteroatoms. The van der Waals surface area contributed by atoms with E-state index < -0.39 is 0 Å². The number of carbonyl (C=O) groups excluding carboxylic acids is 1. The Morgan fingerprint density at radius 3 is 2.84 bits per heavy atom. The Bertz CT molecular complexity index is 682. The summed E-state index contributed by atoms with van der Waals surface area (Å²) in [6.45, 7) is 2.54. The van der Waals surface area contributed by atoms with Crippen molar-refractivity contribution in [3.05, 3.63) is 42.0 Å². The fraction of sp³-hybridized carbons (Fsp3) is 0.526. The molecule has 0 saturated carbocycles. The molecule has 0 fully saturated rings. The van der Waals surface area contributed by atoms with Crippen molar-refractivity contribution in [1.82, 2.24) is 20.1 Å². The van der Waals surface area contributed by atoms with Gasteiger partial charge in [-0.25, -0.2) is 0 Å². The van der Waals surface area contributed by atoms with E-state index in [2.05, 4.69) is 20.1 Å². The van der Waals surface area contributed by atoms with Gasteiger partial charge in [0.2, 0.25) is 5.91 Å². The molecule has 0 radical (unpaired) electrons. The first-order chi connectivity index (χ1) is 12.3. The molecule has 1 amide bonds. The lowest BCUT2D eigenvalue weighted by Gasteiger charge is -2.17. The quantitative estimate of drug-likeness (QED) is 0.784. The summed E-state index contributed by atoms with van der Waals surface area (Å²) < 4.78 is 2.28. The Hall–Kier alpha value is -2.21. The molecule has 0 bridgehead atoms. The van der Waals surface area contributed by atoms with Crippen molar-refractivity contribution in [2.24, 2.45) is 0 Å². The molecular weight excluding hydrogens is 314 g/mol. The maximum atomic E-state index is 12.2. The first kappa shape index (κ1) is 17.6. The second-order valence-electron chi connectivity index (χ2n) is 6.53. The van der Waals surface area contributed by atoms with E-state index in [9.17, 15) is 4.79 Å². The van der Waals surface area contributed by atoms with E-state index >= 15 is 0 Å². The average molecular weight is 341 g/mol. The van der Waals surface area contributed by atoms with Crippen molar-refractivity contribution in [3.8, 4) is 0 Å². The second kappa shape index (κ2) is 8.76. The molecule has 0 atom stereocenters.